The van der Waals surface area contributed by atoms with Crippen molar-refractivity contribution in [3.8, 4) is 0 Å². The summed E-state index contributed by atoms with van der Waals surface area (Å²) < 4.78 is 10.6. The van der Waals surface area contributed by atoms with Crippen molar-refractivity contribution in [2.24, 2.45) is 22.3 Å². The summed E-state index contributed by atoms with van der Waals surface area (Å²) in [5.41, 5.74) is 32.4. The van der Waals surface area contributed by atoms with E-state index in [-0.39, 0.29) is 98.1 Å². The summed E-state index contributed by atoms with van der Waals surface area (Å²) in [6.07, 6.45) is 15.4. The number of H-pyrrole nitrogens is 1. The van der Waals surface area contributed by atoms with Crippen molar-refractivity contribution in [1.29, 1.82) is 0 Å². The molecule has 90 heavy (non-hydrogen) atoms. The topological polar surface area (TPSA) is 347 Å². The Labute approximate surface area is 525 Å². The summed E-state index contributed by atoms with van der Waals surface area (Å²) in [5, 5.41) is 13.4. The van der Waals surface area contributed by atoms with Crippen LogP contribution in [0.15, 0.2) is 91.9 Å². The molecule has 9 rings (SSSR count). The molecule has 1 fully saturated rings. The van der Waals surface area contributed by atoms with Crippen LogP contribution in [0.25, 0.3) is 21.3 Å². The highest BCUT2D eigenvalue weighted by Crippen LogP contribution is 2.62. The van der Waals surface area contributed by atoms with Crippen LogP contribution in [-0.2, 0) is 34.1 Å². The Hall–Kier alpha value is -8.21. The van der Waals surface area contributed by atoms with Crippen molar-refractivity contribution in [3.63, 3.8) is 0 Å². The second-order valence-corrected chi connectivity index (χ2v) is 24.1. The number of hydrogen-bond donors (Lipinski definition) is 7. The number of aromatic nitrogens is 1. The number of aromatic amines is 1. The molecule has 2 atom stereocenters. The van der Waals surface area contributed by atoms with E-state index in [0.29, 0.717) is 56.0 Å². The Balaban J connectivity index is 1.00. The Bertz CT molecular complexity index is 3330. The number of hydrogen-bond acceptors (Lipinski definition) is 14. The van der Waals surface area contributed by atoms with Gasteiger partial charge in [-0.05, 0) is 165 Å². The summed E-state index contributed by atoms with van der Waals surface area (Å²) in [4.78, 5) is 117. The monoisotopic (exact) mass is 1240 g/mol. The predicted octanol–water partition coefficient (Wildman–Crippen LogP) is 8.64. The average Bonchev–Trinajstić information content (AvgIpc) is 0.771. The fourth-order valence-electron chi connectivity index (χ4n) is 13.0. The van der Waals surface area contributed by atoms with Gasteiger partial charge in [0.05, 0.1) is 30.2 Å². The highest BCUT2D eigenvalue weighted by molar-refractivity contribution is 6.00. The fourth-order valence-corrected chi connectivity index (χ4v) is 13.0. The molecule has 0 radical (unpaired) electrons. The Morgan fingerprint density at radius 1 is 0.644 bits per heavy atom. The van der Waals surface area contributed by atoms with Gasteiger partial charge in [0.25, 0.3) is 5.91 Å². The molecule has 23 heteroatoms. The molecule has 10 N–H and O–H groups in total. The lowest BCUT2D eigenvalue weighted by Crippen LogP contribution is -2.47. The van der Waals surface area contributed by atoms with Crippen molar-refractivity contribution in [2.45, 2.75) is 158 Å². The molecule has 1 saturated heterocycles. The highest BCUT2D eigenvalue weighted by atomic mass is 16.5. The van der Waals surface area contributed by atoms with Crippen LogP contribution < -0.4 is 44.5 Å². The Morgan fingerprint density at radius 3 is 1.59 bits per heavy atom. The van der Waals surface area contributed by atoms with E-state index in [2.05, 4.69) is 53.6 Å². The number of likely N-dealkylation sites (N-methyl/N-ethyl adjacent to an activating group) is 2. The maximum absolute atomic E-state index is 14.7. The van der Waals surface area contributed by atoms with Crippen molar-refractivity contribution in [2.75, 3.05) is 82.5 Å². The quantitative estimate of drug-likeness (QED) is 0.00855. The van der Waals surface area contributed by atoms with E-state index < -0.39 is 40.7 Å². The van der Waals surface area contributed by atoms with E-state index in [4.69, 9.17) is 21.9 Å². The number of likely N-dealkylation sites (tertiary alicyclic amines) is 1. The number of nitrogens with two attached hydrogens (primary N) is 3. The van der Waals surface area contributed by atoms with Crippen molar-refractivity contribution in [1.82, 2.24) is 19.7 Å². The number of fused-ring (bicyclic) bond motifs is 1. The van der Waals surface area contributed by atoms with Gasteiger partial charge in [-0.25, -0.2) is 9.59 Å². The smallest absolute Gasteiger partial charge is 0.378 e. The SMILES string of the molecule is CN(CCOCCN(C)C(=O)[C@@H]1CC(N=[N+]=[N-])CN1C(=O)c1ccc2c(=O)oc(=O)[nH]c2c1)C(=O)CCC12c3cc(NC(=O)CCCCCCCN)ccc3C(c3ccc(NC(=O)CCCCCCCN)cc31)c1ccc(NC(=O)CCCCCCCN)cc12. The first-order valence-corrected chi connectivity index (χ1v) is 32.1. The van der Waals surface area contributed by atoms with E-state index in [9.17, 15) is 43.9 Å². The number of rotatable bonds is 36. The number of nitrogens with zero attached hydrogens (tertiary/aromatic N) is 6. The van der Waals surface area contributed by atoms with Crippen LogP contribution in [0.4, 0.5) is 17.1 Å². The van der Waals surface area contributed by atoms with Gasteiger partial charge < -0.3 is 57.0 Å². The maximum atomic E-state index is 14.7. The normalized spacial score (nSPS) is 16.8. The minimum atomic E-state index is -1.01. The summed E-state index contributed by atoms with van der Waals surface area (Å²) in [6.45, 7) is 2.46. The number of carbonyl (C=O) groups is 6. The number of anilines is 3. The summed E-state index contributed by atoms with van der Waals surface area (Å²) >= 11 is 0. The first-order chi connectivity index (χ1) is 43.6. The summed E-state index contributed by atoms with van der Waals surface area (Å²) in [7, 11) is 3.29. The van der Waals surface area contributed by atoms with Crippen LogP contribution >= 0.6 is 0 Å². The molecule has 23 nitrogen and oxygen atoms in total. The van der Waals surface area contributed by atoms with Crippen LogP contribution in [0, 0.1) is 0 Å². The second-order valence-electron chi connectivity index (χ2n) is 24.1. The first-order valence-electron chi connectivity index (χ1n) is 32.1. The zero-order valence-electron chi connectivity index (χ0n) is 52.2. The van der Waals surface area contributed by atoms with E-state index in [1.165, 1.54) is 28.0 Å². The molecule has 4 aromatic carbocycles. The molecular weight excluding hydrogens is 1150 g/mol. The largest absolute Gasteiger partial charge is 0.419 e. The number of ether oxygens (including phenoxy) is 1. The molecule has 5 aromatic rings. The Morgan fingerprint density at radius 2 is 1.11 bits per heavy atom. The second kappa shape index (κ2) is 33.0. The van der Waals surface area contributed by atoms with E-state index in [1.807, 2.05) is 36.4 Å². The zero-order chi connectivity index (χ0) is 64.2. The lowest BCUT2D eigenvalue weighted by Gasteiger charge is -2.51. The molecule has 2 heterocycles. The number of unbranched alkanes of at least 4 members (excludes halogenated alkanes) is 12. The summed E-state index contributed by atoms with van der Waals surface area (Å²) in [5.74, 6) is -2.65. The molecule has 482 valence electrons. The van der Waals surface area contributed by atoms with Gasteiger partial charge in [0, 0.05) is 98.3 Å². The molecular formula is C67H89N13O10. The van der Waals surface area contributed by atoms with Gasteiger partial charge in [-0.1, -0.05) is 81.1 Å². The van der Waals surface area contributed by atoms with E-state index in [0.717, 1.165) is 130 Å². The van der Waals surface area contributed by atoms with Gasteiger partial charge >= 0.3 is 11.4 Å². The predicted molar refractivity (Wildman–Crippen MR) is 347 cm³/mol. The van der Waals surface area contributed by atoms with E-state index >= 15 is 0 Å². The van der Waals surface area contributed by atoms with Gasteiger partial charge in [0.1, 0.15) is 6.04 Å². The van der Waals surface area contributed by atoms with Crippen LogP contribution in [-0.4, -0.2) is 134 Å². The molecule has 0 spiro atoms. The molecule has 1 aromatic heterocycles. The van der Waals surface area contributed by atoms with Crippen molar-refractivity contribution >= 4 is 63.4 Å². The highest BCUT2D eigenvalue weighted by Gasteiger charge is 2.52. The van der Waals surface area contributed by atoms with Crippen LogP contribution in [0.3, 0.4) is 0 Å². The standard InChI is InChI=1S/C67H89N13O10/c1-78(34-36-89-37-35-79(2)64(86)57-42-48(76-77-71)43-80(57)63(85)44-21-25-52-56(38-44)75-66(88)90-65(52)87)61(84)29-30-67-53-39-45(72-58(81)18-12-6-3-9-15-31-68)22-26-49(53)62(50-27-23-46(40-54(50)67)73-59(82)19-13-7-4-10-16-32-69)51-28-24-47(41-55(51)67)74-60(83)20-14-8-5-11-17-33-70/h21-28,38-41,48,57,62H,3-20,29-37,42-43,68-70H2,1-2H3,(H,72,81)(H,73,82)(H,74,83)(H,75,88)/t48?,57-,62?,67?/m0/s1. The Kier molecular flexibility index (Phi) is 24.9. The molecule has 1 unspecified atom stereocenters. The number of azide groups is 1. The number of benzene rings is 4. The summed E-state index contributed by atoms with van der Waals surface area (Å²) in [6, 6.07) is 20.6. The van der Waals surface area contributed by atoms with Gasteiger partial charge in [0.2, 0.25) is 29.5 Å². The third kappa shape index (κ3) is 17.0. The molecule has 1 aliphatic heterocycles. The van der Waals surface area contributed by atoms with Crippen LogP contribution in [0.2, 0.25) is 0 Å². The minimum Gasteiger partial charge on any atom is -0.378 e. The van der Waals surface area contributed by atoms with Gasteiger partial charge in [0.15, 0.2) is 0 Å². The molecule has 3 aliphatic carbocycles. The van der Waals surface area contributed by atoms with Gasteiger partial charge in [-0.2, -0.15) is 0 Å². The number of nitrogens with one attached hydrogen (secondary N) is 4. The van der Waals surface area contributed by atoms with Crippen molar-refractivity contribution < 1.29 is 37.9 Å². The number of amides is 6. The number of carbonyl (C=O) groups excluding carboxylic acids is 6. The molecule has 4 aliphatic rings. The molecule has 0 saturated carbocycles. The maximum Gasteiger partial charge on any atom is 0.419 e. The molecule has 2 bridgehead atoms. The van der Waals surface area contributed by atoms with Crippen molar-refractivity contribution in [3.05, 3.63) is 143 Å². The van der Waals surface area contributed by atoms with Crippen LogP contribution in [0.5, 0.6) is 0 Å². The average molecular weight is 1240 g/mol. The minimum absolute atomic E-state index is 0.0369. The third-order valence-corrected chi connectivity index (χ3v) is 17.8. The zero-order valence-corrected chi connectivity index (χ0v) is 52.2. The first kappa shape index (κ1) is 67.7. The van der Waals surface area contributed by atoms with Crippen LogP contribution in [0.1, 0.15) is 184 Å². The molecule has 6 amide bonds. The van der Waals surface area contributed by atoms with Gasteiger partial charge in [-0.3, -0.25) is 33.8 Å². The fraction of sp³-hybridized carbons (Fsp3) is 0.522. The third-order valence-electron chi connectivity index (χ3n) is 17.8. The lowest BCUT2D eigenvalue weighted by molar-refractivity contribution is -0.134. The van der Waals surface area contributed by atoms with E-state index in [1.54, 1.807) is 19.0 Å². The van der Waals surface area contributed by atoms with Gasteiger partial charge in [-0.15, -0.1) is 0 Å². The lowest BCUT2D eigenvalue weighted by atomic mass is 9.51.